The van der Waals surface area contributed by atoms with Crippen molar-refractivity contribution in [2.75, 3.05) is 0 Å². The van der Waals surface area contributed by atoms with Gasteiger partial charge in [-0.25, -0.2) is 0 Å². The van der Waals surface area contributed by atoms with Crippen molar-refractivity contribution in [3.05, 3.63) is 35.9 Å². The van der Waals surface area contributed by atoms with Gasteiger partial charge in [0.15, 0.2) is 0 Å². The second kappa shape index (κ2) is 3.62. The minimum absolute atomic E-state index is 0.296. The Balaban J connectivity index is 2.09. The van der Waals surface area contributed by atoms with Gasteiger partial charge in [-0.15, -0.1) is 0 Å². The highest BCUT2D eigenvalue weighted by Crippen LogP contribution is 2.37. The van der Waals surface area contributed by atoms with Gasteiger partial charge in [-0.1, -0.05) is 30.3 Å². The zero-order valence-corrected chi connectivity index (χ0v) is 7.61. The fourth-order valence-corrected chi connectivity index (χ4v) is 2.13. The van der Waals surface area contributed by atoms with Gasteiger partial charge in [0.1, 0.15) is 0 Å². The Morgan fingerprint density at radius 1 is 1.15 bits per heavy atom. The van der Waals surface area contributed by atoms with Gasteiger partial charge in [0.2, 0.25) is 0 Å². The Bertz CT molecular complexity index is 310. The molecule has 0 aliphatic heterocycles. The Morgan fingerprint density at radius 2 is 1.92 bits per heavy atom. The summed E-state index contributed by atoms with van der Waals surface area (Å²) < 4.78 is 0. The second-order valence-electron chi connectivity index (χ2n) is 3.75. The molecule has 2 unspecified atom stereocenters. The summed E-state index contributed by atoms with van der Waals surface area (Å²) in [7, 11) is 0. The minimum Gasteiger partial charge on any atom is -0.198 e. The Morgan fingerprint density at radius 3 is 2.54 bits per heavy atom. The monoisotopic (exact) mass is 171 g/mol. The fourth-order valence-electron chi connectivity index (χ4n) is 2.13. The molecule has 13 heavy (non-hydrogen) atoms. The van der Waals surface area contributed by atoms with Crippen molar-refractivity contribution >= 4 is 0 Å². The van der Waals surface area contributed by atoms with Crippen molar-refractivity contribution in [3.8, 4) is 6.07 Å². The van der Waals surface area contributed by atoms with Crippen LogP contribution in [-0.2, 0) is 0 Å². The fraction of sp³-hybridized carbons (Fsp3) is 0.417. The lowest BCUT2D eigenvalue weighted by atomic mass is 9.97. The average molecular weight is 171 g/mol. The summed E-state index contributed by atoms with van der Waals surface area (Å²) in [6.07, 6.45) is 3.32. The van der Waals surface area contributed by atoms with Crippen molar-refractivity contribution < 1.29 is 0 Å². The van der Waals surface area contributed by atoms with E-state index in [2.05, 4.69) is 30.3 Å². The highest BCUT2D eigenvalue weighted by molar-refractivity contribution is 5.21. The van der Waals surface area contributed by atoms with Gasteiger partial charge in [0.05, 0.1) is 6.07 Å². The van der Waals surface area contributed by atoms with Gasteiger partial charge in [-0.3, -0.25) is 0 Å². The summed E-state index contributed by atoms with van der Waals surface area (Å²) in [5.74, 6) is 0.927. The molecule has 66 valence electrons. The Labute approximate surface area is 79.0 Å². The molecule has 0 heterocycles. The highest BCUT2D eigenvalue weighted by Gasteiger charge is 2.25. The van der Waals surface area contributed by atoms with E-state index in [0.717, 1.165) is 12.8 Å². The summed E-state index contributed by atoms with van der Waals surface area (Å²) in [5, 5.41) is 8.78. The largest absolute Gasteiger partial charge is 0.198 e. The Hall–Kier alpha value is -1.29. The van der Waals surface area contributed by atoms with Crippen LogP contribution < -0.4 is 0 Å². The van der Waals surface area contributed by atoms with Crippen LogP contribution in [0.4, 0.5) is 0 Å². The molecule has 1 aromatic rings. The minimum atomic E-state index is 0.296. The maximum absolute atomic E-state index is 8.78. The van der Waals surface area contributed by atoms with Crippen molar-refractivity contribution in [2.24, 2.45) is 5.92 Å². The molecule has 0 saturated heterocycles. The maximum atomic E-state index is 8.78. The lowest BCUT2D eigenvalue weighted by Crippen LogP contribution is -1.93. The number of nitrogens with zero attached hydrogens (tertiary/aromatic N) is 1. The quantitative estimate of drug-likeness (QED) is 0.637. The van der Waals surface area contributed by atoms with Crippen molar-refractivity contribution in [1.29, 1.82) is 5.26 Å². The summed E-state index contributed by atoms with van der Waals surface area (Å²) in [5.41, 5.74) is 1.40. The van der Waals surface area contributed by atoms with Crippen LogP contribution in [-0.4, -0.2) is 0 Å². The Kier molecular flexibility index (Phi) is 2.31. The number of hydrogen-bond donors (Lipinski definition) is 0. The van der Waals surface area contributed by atoms with E-state index in [9.17, 15) is 0 Å². The zero-order chi connectivity index (χ0) is 9.10. The molecule has 0 spiro atoms. The molecule has 0 bridgehead atoms. The highest BCUT2D eigenvalue weighted by atomic mass is 14.3. The van der Waals surface area contributed by atoms with E-state index in [4.69, 9.17) is 5.26 Å². The first kappa shape index (κ1) is 8.31. The predicted molar refractivity (Wildman–Crippen MR) is 52.1 cm³/mol. The lowest BCUT2D eigenvalue weighted by Gasteiger charge is -2.08. The molecule has 0 amide bonds. The van der Waals surface area contributed by atoms with E-state index >= 15 is 0 Å². The van der Waals surface area contributed by atoms with Gasteiger partial charge < -0.3 is 0 Å². The first-order chi connectivity index (χ1) is 6.40. The molecular formula is C12H13N. The van der Waals surface area contributed by atoms with Crippen LogP contribution in [0.1, 0.15) is 30.7 Å². The molecule has 0 radical (unpaired) electrons. The molecule has 0 N–H and O–H groups in total. The molecule has 1 aromatic carbocycles. The number of rotatable bonds is 1. The molecule has 1 nitrogen and oxygen atoms in total. The van der Waals surface area contributed by atoms with Crippen molar-refractivity contribution in [3.63, 3.8) is 0 Å². The number of hydrogen-bond acceptors (Lipinski definition) is 1. The van der Waals surface area contributed by atoms with Crippen LogP contribution in [0.3, 0.4) is 0 Å². The van der Waals surface area contributed by atoms with Crippen LogP contribution in [0, 0.1) is 17.2 Å². The first-order valence-electron chi connectivity index (χ1n) is 4.84. The normalized spacial score (nSPS) is 27.0. The van der Waals surface area contributed by atoms with Crippen molar-refractivity contribution in [2.45, 2.75) is 25.2 Å². The standard InChI is InChI=1S/C12H13N/c13-9-10-6-7-12(8-10)11-4-2-1-3-5-11/h1-5,10,12H,6-8H2. The van der Waals surface area contributed by atoms with Crippen LogP contribution in [0.5, 0.6) is 0 Å². The zero-order valence-electron chi connectivity index (χ0n) is 7.61. The molecule has 2 atom stereocenters. The second-order valence-corrected chi connectivity index (χ2v) is 3.75. The third-order valence-corrected chi connectivity index (χ3v) is 2.89. The summed E-state index contributed by atoms with van der Waals surface area (Å²) in [6.45, 7) is 0. The predicted octanol–water partition coefficient (Wildman–Crippen LogP) is 3.09. The topological polar surface area (TPSA) is 23.8 Å². The smallest absolute Gasteiger partial charge is 0.0656 e. The third-order valence-electron chi connectivity index (χ3n) is 2.89. The first-order valence-corrected chi connectivity index (χ1v) is 4.84. The number of benzene rings is 1. The van der Waals surface area contributed by atoms with Crippen LogP contribution >= 0.6 is 0 Å². The SMILES string of the molecule is N#CC1CCC(c2ccccc2)C1. The maximum Gasteiger partial charge on any atom is 0.0656 e. The van der Waals surface area contributed by atoms with Gasteiger partial charge in [0.25, 0.3) is 0 Å². The van der Waals surface area contributed by atoms with Gasteiger partial charge >= 0.3 is 0 Å². The summed E-state index contributed by atoms with van der Waals surface area (Å²) in [4.78, 5) is 0. The summed E-state index contributed by atoms with van der Waals surface area (Å²) >= 11 is 0. The molecule has 1 saturated carbocycles. The molecule has 1 heteroatoms. The van der Waals surface area contributed by atoms with E-state index in [0.29, 0.717) is 11.8 Å². The van der Waals surface area contributed by atoms with E-state index in [1.54, 1.807) is 0 Å². The molecule has 1 aliphatic carbocycles. The van der Waals surface area contributed by atoms with Crippen LogP contribution in [0.15, 0.2) is 30.3 Å². The molecule has 2 rings (SSSR count). The van der Waals surface area contributed by atoms with Gasteiger partial charge in [-0.05, 0) is 30.7 Å². The van der Waals surface area contributed by atoms with E-state index < -0.39 is 0 Å². The molecule has 1 fully saturated rings. The lowest BCUT2D eigenvalue weighted by molar-refractivity contribution is 0.670. The van der Waals surface area contributed by atoms with E-state index in [1.807, 2.05) is 6.07 Å². The molecule has 0 aromatic heterocycles. The van der Waals surface area contributed by atoms with Crippen LogP contribution in [0.2, 0.25) is 0 Å². The van der Waals surface area contributed by atoms with Crippen LogP contribution in [0.25, 0.3) is 0 Å². The van der Waals surface area contributed by atoms with Gasteiger partial charge in [0, 0.05) is 5.92 Å². The molecule has 1 aliphatic rings. The average Bonchev–Trinajstić information content (AvgIpc) is 2.67. The number of nitriles is 1. The van der Waals surface area contributed by atoms with E-state index in [1.165, 1.54) is 12.0 Å². The van der Waals surface area contributed by atoms with E-state index in [-0.39, 0.29) is 0 Å². The molecular weight excluding hydrogens is 158 g/mol. The third kappa shape index (κ3) is 1.72. The van der Waals surface area contributed by atoms with Crippen molar-refractivity contribution in [1.82, 2.24) is 0 Å². The van der Waals surface area contributed by atoms with Gasteiger partial charge in [-0.2, -0.15) is 5.26 Å². The summed E-state index contributed by atoms with van der Waals surface area (Å²) in [6, 6.07) is 12.9.